The van der Waals surface area contributed by atoms with E-state index < -0.39 is 57.8 Å². The summed E-state index contributed by atoms with van der Waals surface area (Å²) in [5.41, 5.74) is 0. The smallest absolute Gasteiger partial charge is 0.462 e. The Bertz CT molecular complexity index is 1630. The van der Waals surface area contributed by atoms with E-state index >= 15 is 0 Å². The summed E-state index contributed by atoms with van der Waals surface area (Å²) < 4.78 is 39.2. The number of carbonyl (C=O) groups is 3. The fourth-order valence-corrected chi connectivity index (χ4v) is 7.16. The molecule has 0 radical (unpaired) electrons. The van der Waals surface area contributed by atoms with E-state index in [1.165, 1.54) is 12.8 Å². The van der Waals surface area contributed by atoms with Gasteiger partial charge in [0.25, 0.3) is 0 Å². The van der Waals surface area contributed by atoms with Crippen molar-refractivity contribution in [3.05, 3.63) is 122 Å². The van der Waals surface area contributed by atoms with Gasteiger partial charge in [0.1, 0.15) is 12.7 Å². The molecule has 3 atom stereocenters. The number of unbranched alkanes of at least 4 members (excludes halogenated alkanes) is 10. The molecule has 3 unspecified atom stereocenters. The molecule has 0 aromatic heterocycles. The summed E-state index contributed by atoms with van der Waals surface area (Å²) in [6.45, 7) is 4.20. The lowest BCUT2D eigenvalue weighted by atomic mass is 10.1. The van der Waals surface area contributed by atoms with Gasteiger partial charge in [-0.1, -0.05) is 181 Å². The maximum absolute atomic E-state index is 12.9. The first-order chi connectivity index (χ1) is 34.2. The average molecular weight is 997 g/mol. The predicted molar refractivity (Wildman–Crippen MR) is 288 cm³/mol. The van der Waals surface area contributed by atoms with Gasteiger partial charge in [-0.15, -0.1) is 0 Å². The van der Waals surface area contributed by atoms with E-state index in [0.717, 1.165) is 116 Å². The van der Waals surface area contributed by atoms with E-state index in [2.05, 4.69) is 124 Å². The third-order valence-electron chi connectivity index (χ3n) is 10.4. The third-order valence-corrected chi connectivity index (χ3v) is 11.3. The van der Waals surface area contributed by atoms with Crippen molar-refractivity contribution in [2.75, 3.05) is 26.4 Å². The highest BCUT2D eigenvalue weighted by Crippen LogP contribution is 2.43. The van der Waals surface area contributed by atoms with E-state index in [4.69, 9.17) is 23.3 Å². The van der Waals surface area contributed by atoms with Crippen LogP contribution in [-0.2, 0) is 42.2 Å². The van der Waals surface area contributed by atoms with Gasteiger partial charge in [-0.2, -0.15) is 0 Å². The monoisotopic (exact) mass is 997 g/mol. The second-order valence-corrected chi connectivity index (χ2v) is 18.4. The number of phosphoric ester groups is 1. The van der Waals surface area contributed by atoms with E-state index in [1.807, 2.05) is 18.2 Å². The number of hydrogen-bond donors (Lipinski definition) is 2. The molecule has 0 rings (SSSR count). The van der Waals surface area contributed by atoms with Crippen molar-refractivity contribution >= 4 is 25.7 Å². The Morgan fingerprint density at radius 1 is 0.414 bits per heavy atom. The number of allylic oxidation sites excluding steroid dienone is 20. The van der Waals surface area contributed by atoms with E-state index in [1.54, 1.807) is 0 Å². The maximum Gasteiger partial charge on any atom is 0.472 e. The number of esters is 3. The van der Waals surface area contributed by atoms with Crippen LogP contribution in [0, 0.1) is 0 Å². The zero-order valence-corrected chi connectivity index (χ0v) is 44.3. The molecule has 0 aromatic rings. The molecule has 0 saturated heterocycles. The second-order valence-electron chi connectivity index (χ2n) is 16.9. The molecular formula is C58H93O11P. The van der Waals surface area contributed by atoms with Crippen LogP contribution in [0.15, 0.2) is 122 Å². The number of phosphoric acid groups is 1. The lowest BCUT2D eigenvalue weighted by molar-refractivity contribution is -0.161. The van der Waals surface area contributed by atoms with Gasteiger partial charge in [0.2, 0.25) is 0 Å². The van der Waals surface area contributed by atoms with Crippen LogP contribution in [-0.4, -0.2) is 66.5 Å². The van der Waals surface area contributed by atoms with E-state index in [9.17, 15) is 28.9 Å². The Balaban J connectivity index is 4.87. The summed E-state index contributed by atoms with van der Waals surface area (Å²) in [7, 11) is -4.78. The standard InChI is InChI=1S/C58H93O11P/c1-4-7-10-13-16-19-22-24-25-26-27-28-29-31-34-37-40-43-46-49-58(62)69-55(51-65-56(60)47-44-41-38-35-32-21-18-15-12-9-6-3)53-67-70(63,64)66-52-54(50-59)68-57(61)48-45-42-39-36-33-30-23-20-17-14-11-8-5-2/h7-8,10-11,15-20,24-25,27-28,30-31,33-34,39,42,54-55,59H,4-6,9,12-14,21-23,26,29,32,35-38,40-41,43-53H2,1-3H3,(H,63,64)/b10-7-,11-8-,18-15-,19-16-,20-17-,25-24-,28-27-,33-30-,34-31-,42-39-. The fraction of sp³-hybridized carbons (Fsp3) is 0.603. The first-order valence-corrected chi connectivity index (χ1v) is 27.9. The zero-order chi connectivity index (χ0) is 51.3. The minimum absolute atomic E-state index is 0.0468. The highest BCUT2D eigenvalue weighted by atomic mass is 31.2. The van der Waals surface area contributed by atoms with Gasteiger partial charge in [0.05, 0.1) is 19.8 Å². The highest BCUT2D eigenvalue weighted by molar-refractivity contribution is 7.47. The number of ether oxygens (including phenoxy) is 3. The largest absolute Gasteiger partial charge is 0.472 e. The Labute approximate surface area is 424 Å². The molecule has 2 N–H and O–H groups in total. The molecule has 0 aliphatic rings. The maximum atomic E-state index is 12.9. The first kappa shape index (κ1) is 65.9. The van der Waals surface area contributed by atoms with Crippen LogP contribution < -0.4 is 0 Å². The van der Waals surface area contributed by atoms with Crippen LogP contribution in [0.2, 0.25) is 0 Å². The Morgan fingerprint density at radius 3 is 1.26 bits per heavy atom. The van der Waals surface area contributed by atoms with Crippen LogP contribution in [0.5, 0.6) is 0 Å². The molecule has 0 amide bonds. The summed E-state index contributed by atoms with van der Waals surface area (Å²) in [6.07, 6.45) is 61.9. The van der Waals surface area contributed by atoms with Crippen molar-refractivity contribution in [3.63, 3.8) is 0 Å². The van der Waals surface area contributed by atoms with Gasteiger partial charge in [-0.05, 0) is 109 Å². The van der Waals surface area contributed by atoms with Crippen LogP contribution in [0.25, 0.3) is 0 Å². The van der Waals surface area contributed by atoms with Gasteiger partial charge in [0.15, 0.2) is 6.10 Å². The van der Waals surface area contributed by atoms with Gasteiger partial charge < -0.3 is 24.2 Å². The fourth-order valence-electron chi connectivity index (χ4n) is 6.37. The second kappa shape index (κ2) is 51.2. The molecule has 70 heavy (non-hydrogen) atoms. The van der Waals surface area contributed by atoms with Crippen molar-refractivity contribution in [1.29, 1.82) is 0 Å². The van der Waals surface area contributed by atoms with Crippen molar-refractivity contribution in [2.45, 2.75) is 200 Å². The number of hydrogen-bond acceptors (Lipinski definition) is 10. The third kappa shape index (κ3) is 48.9. The van der Waals surface area contributed by atoms with Crippen molar-refractivity contribution < 1.29 is 52.2 Å². The van der Waals surface area contributed by atoms with Crippen LogP contribution in [0.1, 0.15) is 188 Å². The van der Waals surface area contributed by atoms with Crippen molar-refractivity contribution in [3.8, 4) is 0 Å². The minimum atomic E-state index is -4.78. The Hall–Kier alpha value is -4.12. The number of aliphatic hydroxyl groups is 1. The summed E-state index contributed by atoms with van der Waals surface area (Å²) in [4.78, 5) is 48.3. The molecule has 0 bridgehead atoms. The van der Waals surface area contributed by atoms with Gasteiger partial charge in [-0.25, -0.2) is 4.57 Å². The van der Waals surface area contributed by atoms with Crippen molar-refractivity contribution in [1.82, 2.24) is 0 Å². The highest BCUT2D eigenvalue weighted by Gasteiger charge is 2.28. The van der Waals surface area contributed by atoms with Gasteiger partial charge >= 0.3 is 25.7 Å². The molecule has 0 aromatic carbocycles. The normalized spacial score (nSPS) is 14.4. The first-order valence-electron chi connectivity index (χ1n) is 26.4. The minimum Gasteiger partial charge on any atom is -0.462 e. The number of carbonyl (C=O) groups excluding carboxylic acids is 3. The quantitative estimate of drug-likeness (QED) is 0.0197. The number of rotatable bonds is 47. The molecule has 0 aliphatic heterocycles. The molecule has 0 fully saturated rings. The van der Waals surface area contributed by atoms with Crippen LogP contribution in [0.3, 0.4) is 0 Å². The van der Waals surface area contributed by atoms with E-state index in [0.29, 0.717) is 19.3 Å². The molecule has 12 heteroatoms. The SMILES string of the molecule is CC/C=C\C/C=C\C/C=C\C/C=C\C/C=C\CCCCCC(=O)OC(COC(=O)CCCCCCC/C=C\CCCC)COP(=O)(O)OCC(CO)OC(=O)CC/C=C\C/C=C\C/C=C\C/C=C\CC. The summed E-state index contributed by atoms with van der Waals surface area (Å²) in [5, 5.41) is 9.76. The van der Waals surface area contributed by atoms with Crippen LogP contribution >= 0.6 is 7.82 Å². The van der Waals surface area contributed by atoms with Crippen LogP contribution in [0.4, 0.5) is 0 Å². The average Bonchev–Trinajstić information content (AvgIpc) is 3.35. The molecule has 396 valence electrons. The molecule has 0 heterocycles. The summed E-state index contributed by atoms with van der Waals surface area (Å²) in [6, 6.07) is 0. The van der Waals surface area contributed by atoms with E-state index in [-0.39, 0.29) is 25.9 Å². The molecule has 0 aliphatic carbocycles. The zero-order valence-electron chi connectivity index (χ0n) is 43.4. The lowest BCUT2D eigenvalue weighted by Crippen LogP contribution is -2.30. The predicted octanol–water partition coefficient (Wildman–Crippen LogP) is 15.2. The molecule has 0 saturated carbocycles. The molecule has 0 spiro atoms. The van der Waals surface area contributed by atoms with Gasteiger partial charge in [-0.3, -0.25) is 23.4 Å². The Morgan fingerprint density at radius 2 is 0.771 bits per heavy atom. The van der Waals surface area contributed by atoms with Gasteiger partial charge in [0, 0.05) is 19.3 Å². The molecular weight excluding hydrogens is 904 g/mol. The lowest BCUT2D eigenvalue weighted by Gasteiger charge is -2.21. The number of aliphatic hydroxyl groups excluding tert-OH is 1. The topological polar surface area (TPSA) is 155 Å². The Kier molecular flexibility index (Phi) is 48.2. The summed E-state index contributed by atoms with van der Waals surface area (Å²) >= 11 is 0. The van der Waals surface area contributed by atoms with Crippen molar-refractivity contribution in [2.24, 2.45) is 0 Å². The molecule has 11 nitrogen and oxygen atoms in total. The summed E-state index contributed by atoms with van der Waals surface area (Å²) in [5.74, 6) is -1.62.